The van der Waals surface area contributed by atoms with Gasteiger partial charge in [0, 0.05) is 6.54 Å². The highest BCUT2D eigenvalue weighted by Gasteiger charge is 2.22. The number of piperidine rings is 1. The Bertz CT molecular complexity index is 521. The highest BCUT2D eigenvalue weighted by molar-refractivity contribution is 5.77. The normalized spacial score (nSPS) is 17.5. The third kappa shape index (κ3) is 6.58. The van der Waals surface area contributed by atoms with E-state index in [-0.39, 0.29) is 6.04 Å². The average Bonchev–Trinajstić information content (AvgIpc) is 2.63. The topological polar surface area (TPSA) is 62.9 Å². The lowest BCUT2D eigenvalue weighted by atomic mass is 10.0. The number of aliphatic imine (C=N–C) groups is 1. The van der Waals surface area contributed by atoms with Crippen LogP contribution in [0.3, 0.4) is 0 Å². The summed E-state index contributed by atoms with van der Waals surface area (Å²) in [6.45, 7) is 8.26. The van der Waals surface area contributed by atoms with Crippen LogP contribution in [0.15, 0.2) is 29.3 Å². The molecule has 1 saturated heterocycles. The molecule has 1 fully saturated rings. The molecule has 0 amide bonds. The van der Waals surface area contributed by atoms with Gasteiger partial charge in [0.05, 0.1) is 19.7 Å². The first-order valence-corrected chi connectivity index (χ1v) is 9.52. The number of hydrogen-bond acceptors (Lipinski definition) is 3. The van der Waals surface area contributed by atoms with Gasteiger partial charge >= 0.3 is 0 Å². The molecule has 140 valence electrons. The zero-order valence-corrected chi connectivity index (χ0v) is 16.0. The zero-order valence-electron chi connectivity index (χ0n) is 16.0. The molecule has 1 heterocycles. The van der Waals surface area contributed by atoms with Gasteiger partial charge in [-0.3, -0.25) is 9.89 Å². The van der Waals surface area contributed by atoms with Crippen LogP contribution in [0.4, 0.5) is 0 Å². The van der Waals surface area contributed by atoms with E-state index < -0.39 is 0 Å². The lowest BCUT2D eigenvalue weighted by Gasteiger charge is -2.34. The Balaban J connectivity index is 2.03. The Kier molecular flexibility index (Phi) is 8.06. The minimum absolute atomic E-state index is 0.275. The van der Waals surface area contributed by atoms with E-state index in [0.29, 0.717) is 18.4 Å². The first-order chi connectivity index (χ1) is 12.1. The molecule has 25 heavy (non-hydrogen) atoms. The number of methoxy groups -OCH3 is 1. The molecule has 0 aromatic heterocycles. The van der Waals surface area contributed by atoms with E-state index in [1.807, 2.05) is 12.1 Å². The molecule has 1 aromatic carbocycles. The van der Waals surface area contributed by atoms with E-state index >= 15 is 0 Å². The second-order valence-corrected chi connectivity index (χ2v) is 7.22. The van der Waals surface area contributed by atoms with Gasteiger partial charge in [-0.1, -0.05) is 32.4 Å². The van der Waals surface area contributed by atoms with Crippen molar-refractivity contribution < 1.29 is 4.74 Å². The highest BCUT2D eigenvalue weighted by Crippen LogP contribution is 2.26. The molecular formula is C20H34N4O. The SMILES string of the molecule is COc1ccc(C(CN=C(N)NCCC(C)C)N2CCCCC2)cc1. The van der Waals surface area contributed by atoms with Gasteiger partial charge in [-0.15, -0.1) is 0 Å². The van der Waals surface area contributed by atoms with Gasteiger partial charge in [0.15, 0.2) is 5.96 Å². The molecule has 0 saturated carbocycles. The Labute approximate surface area is 152 Å². The van der Waals surface area contributed by atoms with Crippen molar-refractivity contribution >= 4 is 5.96 Å². The number of nitrogens with zero attached hydrogens (tertiary/aromatic N) is 2. The summed E-state index contributed by atoms with van der Waals surface area (Å²) in [4.78, 5) is 7.16. The van der Waals surface area contributed by atoms with Crippen molar-refractivity contribution in [2.24, 2.45) is 16.6 Å². The largest absolute Gasteiger partial charge is 0.497 e. The maximum absolute atomic E-state index is 6.06. The van der Waals surface area contributed by atoms with Gasteiger partial charge in [0.25, 0.3) is 0 Å². The Hall–Kier alpha value is -1.75. The summed E-state index contributed by atoms with van der Waals surface area (Å²) in [6, 6.07) is 8.63. The van der Waals surface area contributed by atoms with E-state index in [4.69, 9.17) is 10.5 Å². The molecule has 1 aromatic rings. The predicted molar refractivity (Wildman–Crippen MR) is 105 cm³/mol. The molecule has 1 aliphatic heterocycles. The van der Waals surface area contributed by atoms with E-state index in [0.717, 1.165) is 31.8 Å². The number of nitrogens with one attached hydrogen (secondary N) is 1. The average molecular weight is 347 g/mol. The number of guanidine groups is 1. The molecule has 1 aliphatic rings. The number of rotatable bonds is 8. The van der Waals surface area contributed by atoms with Crippen LogP contribution < -0.4 is 15.8 Å². The molecule has 2 rings (SSSR count). The minimum atomic E-state index is 0.275. The van der Waals surface area contributed by atoms with E-state index in [1.165, 1.54) is 24.8 Å². The molecule has 0 radical (unpaired) electrons. The minimum Gasteiger partial charge on any atom is -0.497 e. The fourth-order valence-corrected chi connectivity index (χ4v) is 3.22. The van der Waals surface area contributed by atoms with Crippen molar-refractivity contribution in [2.45, 2.75) is 45.6 Å². The van der Waals surface area contributed by atoms with Crippen LogP contribution in [0, 0.1) is 5.92 Å². The predicted octanol–water partition coefficient (Wildman–Crippen LogP) is 3.17. The van der Waals surface area contributed by atoms with Gasteiger partial charge in [0.2, 0.25) is 0 Å². The van der Waals surface area contributed by atoms with Crippen molar-refractivity contribution in [1.82, 2.24) is 10.2 Å². The van der Waals surface area contributed by atoms with Crippen molar-refractivity contribution in [3.05, 3.63) is 29.8 Å². The Morgan fingerprint density at radius 3 is 2.48 bits per heavy atom. The number of benzene rings is 1. The summed E-state index contributed by atoms with van der Waals surface area (Å²) in [5.74, 6) is 2.11. The molecule has 1 unspecified atom stereocenters. The molecular weight excluding hydrogens is 312 g/mol. The number of ether oxygens (including phenoxy) is 1. The van der Waals surface area contributed by atoms with Crippen LogP contribution in [0.2, 0.25) is 0 Å². The van der Waals surface area contributed by atoms with Gasteiger partial charge in [-0.2, -0.15) is 0 Å². The summed E-state index contributed by atoms with van der Waals surface area (Å²) in [5, 5.41) is 3.23. The Morgan fingerprint density at radius 2 is 1.88 bits per heavy atom. The van der Waals surface area contributed by atoms with Gasteiger partial charge in [0.1, 0.15) is 5.75 Å². The molecule has 1 atom stereocenters. The van der Waals surface area contributed by atoms with Crippen LogP contribution in [-0.2, 0) is 0 Å². The first-order valence-electron chi connectivity index (χ1n) is 9.52. The molecule has 5 nitrogen and oxygen atoms in total. The monoisotopic (exact) mass is 346 g/mol. The summed E-state index contributed by atoms with van der Waals surface area (Å²) < 4.78 is 5.28. The lowest BCUT2D eigenvalue weighted by molar-refractivity contribution is 0.167. The van der Waals surface area contributed by atoms with Gasteiger partial charge < -0.3 is 15.8 Å². The maximum atomic E-state index is 6.06. The van der Waals surface area contributed by atoms with Crippen LogP contribution >= 0.6 is 0 Å². The first kappa shape index (κ1) is 19.6. The summed E-state index contributed by atoms with van der Waals surface area (Å²) in [6.07, 6.45) is 4.95. The van der Waals surface area contributed by atoms with Crippen molar-refractivity contribution in [3.8, 4) is 5.75 Å². The zero-order chi connectivity index (χ0) is 18.1. The Morgan fingerprint density at radius 1 is 1.20 bits per heavy atom. The van der Waals surface area contributed by atoms with Crippen molar-refractivity contribution in [2.75, 3.05) is 33.3 Å². The van der Waals surface area contributed by atoms with Gasteiger partial charge in [-0.05, 0) is 56.0 Å². The lowest BCUT2D eigenvalue weighted by Crippen LogP contribution is -2.37. The second-order valence-electron chi connectivity index (χ2n) is 7.22. The van der Waals surface area contributed by atoms with Crippen molar-refractivity contribution in [1.29, 1.82) is 0 Å². The third-order valence-electron chi connectivity index (χ3n) is 4.79. The second kappa shape index (κ2) is 10.3. The number of hydrogen-bond donors (Lipinski definition) is 2. The molecule has 0 bridgehead atoms. The van der Waals surface area contributed by atoms with E-state index in [1.54, 1.807) is 7.11 Å². The summed E-state index contributed by atoms with van der Waals surface area (Å²) in [7, 11) is 1.70. The van der Waals surface area contributed by atoms with Gasteiger partial charge in [-0.25, -0.2) is 0 Å². The third-order valence-corrected chi connectivity index (χ3v) is 4.79. The van der Waals surface area contributed by atoms with Crippen LogP contribution in [0.25, 0.3) is 0 Å². The fourth-order valence-electron chi connectivity index (χ4n) is 3.22. The smallest absolute Gasteiger partial charge is 0.188 e. The van der Waals surface area contributed by atoms with E-state index in [2.05, 4.69) is 41.2 Å². The van der Waals surface area contributed by atoms with E-state index in [9.17, 15) is 0 Å². The fraction of sp³-hybridized carbons (Fsp3) is 0.650. The molecule has 3 N–H and O–H groups in total. The number of likely N-dealkylation sites (tertiary alicyclic amines) is 1. The quantitative estimate of drug-likeness (QED) is 0.560. The molecule has 0 spiro atoms. The van der Waals surface area contributed by atoms with Crippen LogP contribution in [0.5, 0.6) is 5.75 Å². The van der Waals surface area contributed by atoms with Crippen molar-refractivity contribution in [3.63, 3.8) is 0 Å². The van der Waals surface area contributed by atoms with Crippen LogP contribution in [0.1, 0.15) is 51.1 Å². The van der Waals surface area contributed by atoms with Crippen LogP contribution in [-0.4, -0.2) is 44.1 Å². The molecule has 5 heteroatoms. The number of nitrogens with two attached hydrogens (primary N) is 1. The molecule has 0 aliphatic carbocycles. The highest BCUT2D eigenvalue weighted by atomic mass is 16.5. The standard InChI is InChI=1S/C20H34N4O/c1-16(2)11-12-22-20(21)23-15-19(24-13-5-4-6-14-24)17-7-9-18(25-3)10-8-17/h7-10,16,19H,4-6,11-15H2,1-3H3,(H3,21,22,23). The maximum Gasteiger partial charge on any atom is 0.188 e. The summed E-state index contributed by atoms with van der Waals surface area (Å²) >= 11 is 0. The summed E-state index contributed by atoms with van der Waals surface area (Å²) in [5.41, 5.74) is 7.34.